The first-order chi connectivity index (χ1) is 16.6. The molecule has 0 radical (unpaired) electrons. The first-order valence-corrected chi connectivity index (χ1v) is 11.9. The van der Waals surface area contributed by atoms with E-state index in [2.05, 4.69) is 6.07 Å². The molecule has 0 saturated carbocycles. The number of nitrogens with zero attached hydrogens (tertiary/aromatic N) is 3. The van der Waals surface area contributed by atoms with Crippen molar-refractivity contribution in [2.24, 2.45) is 0 Å². The smallest absolute Gasteiger partial charge is 0.211 e. The van der Waals surface area contributed by atoms with Crippen LogP contribution in [0.2, 0.25) is 5.02 Å². The lowest BCUT2D eigenvalue weighted by Crippen LogP contribution is -1.98. The van der Waals surface area contributed by atoms with E-state index in [1.165, 1.54) is 11.3 Å². The van der Waals surface area contributed by atoms with Gasteiger partial charge in [0.05, 0.1) is 22.0 Å². The minimum absolute atomic E-state index is 0.0899. The van der Waals surface area contributed by atoms with Gasteiger partial charge in [0.15, 0.2) is 5.78 Å². The molecule has 0 bridgehead atoms. The quantitative estimate of drug-likeness (QED) is 0.186. The lowest BCUT2D eigenvalue weighted by atomic mass is 10.1. The molecular formula is C28H20ClN3OS. The van der Waals surface area contributed by atoms with Gasteiger partial charge in [-0.3, -0.25) is 4.79 Å². The summed E-state index contributed by atoms with van der Waals surface area (Å²) in [5.74, 6) is -0.0899. The number of carbonyl (C=O) groups excluding carboxylic acids is 1. The van der Waals surface area contributed by atoms with Crippen LogP contribution in [0.4, 0.5) is 0 Å². The summed E-state index contributed by atoms with van der Waals surface area (Å²) in [6, 6.07) is 29.5. The third-order valence-corrected chi connectivity index (χ3v) is 6.74. The van der Waals surface area contributed by atoms with E-state index in [0.717, 1.165) is 28.1 Å². The Kier molecular flexibility index (Phi) is 6.21. The number of hydrogen-bond acceptors (Lipinski definition) is 4. The molecule has 2 heterocycles. The van der Waals surface area contributed by atoms with Crippen molar-refractivity contribution in [1.82, 2.24) is 14.8 Å². The monoisotopic (exact) mass is 481 g/mol. The Balaban J connectivity index is 1.53. The molecule has 0 spiro atoms. The number of aromatic nitrogens is 3. The average molecular weight is 482 g/mol. The molecule has 0 aliphatic heterocycles. The van der Waals surface area contributed by atoms with Crippen LogP contribution in [0.15, 0.2) is 97.1 Å². The Hall–Kier alpha value is -3.80. The summed E-state index contributed by atoms with van der Waals surface area (Å²) in [4.78, 5) is 18.3. The molecule has 166 valence electrons. The zero-order valence-corrected chi connectivity index (χ0v) is 19.9. The molecule has 5 rings (SSSR count). The predicted octanol–water partition coefficient (Wildman–Crippen LogP) is 7.52. The molecule has 0 fully saturated rings. The number of rotatable bonds is 6. The zero-order valence-electron chi connectivity index (χ0n) is 18.4. The van der Waals surface area contributed by atoms with Crippen molar-refractivity contribution in [3.8, 4) is 27.6 Å². The molecule has 0 saturated heterocycles. The lowest BCUT2D eigenvalue weighted by Gasteiger charge is -2.03. The van der Waals surface area contributed by atoms with Crippen molar-refractivity contribution in [3.05, 3.63) is 118 Å². The molecule has 0 unspecified atom stereocenters. The van der Waals surface area contributed by atoms with E-state index in [1.54, 1.807) is 24.3 Å². The van der Waals surface area contributed by atoms with Crippen molar-refractivity contribution in [2.75, 3.05) is 0 Å². The number of carbonyl (C=O) groups is 1. The number of benzene rings is 3. The van der Waals surface area contributed by atoms with Crippen molar-refractivity contribution in [3.63, 3.8) is 0 Å². The highest BCUT2D eigenvalue weighted by Gasteiger charge is 2.19. The van der Waals surface area contributed by atoms with E-state index >= 15 is 0 Å². The second-order valence-electron chi connectivity index (χ2n) is 7.72. The SMILES string of the molecule is Cc1nc(-n2nc(-c3ccccc3)cc2-c2ccccc2)sc1C(=O)/C=C\c1ccc(Cl)cc1. The maximum absolute atomic E-state index is 13.0. The molecule has 3 aromatic carbocycles. The summed E-state index contributed by atoms with van der Waals surface area (Å²) in [7, 11) is 0. The Morgan fingerprint density at radius 3 is 2.24 bits per heavy atom. The summed E-state index contributed by atoms with van der Waals surface area (Å²) in [5.41, 5.74) is 5.41. The van der Waals surface area contributed by atoms with E-state index in [0.29, 0.717) is 20.7 Å². The fourth-order valence-corrected chi connectivity index (χ4v) is 4.69. The molecule has 4 nitrogen and oxygen atoms in total. The average Bonchev–Trinajstić information content (AvgIpc) is 3.49. The van der Waals surface area contributed by atoms with Gasteiger partial charge in [0.1, 0.15) is 0 Å². The number of halogens is 1. The van der Waals surface area contributed by atoms with Gasteiger partial charge in [-0.1, -0.05) is 102 Å². The molecule has 0 aliphatic rings. The van der Waals surface area contributed by atoms with E-state index in [9.17, 15) is 4.79 Å². The summed E-state index contributed by atoms with van der Waals surface area (Å²) >= 11 is 7.29. The number of hydrogen-bond donors (Lipinski definition) is 0. The van der Waals surface area contributed by atoms with Gasteiger partial charge in [-0.15, -0.1) is 0 Å². The molecular weight excluding hydrogens is 462 g/mol. The van der Waals surface area contributed by atoms with Crippen LogP contribution >= 0.6 is 22.9 Å². The van der Waals surface area contributed by atoms with Crippen molar-refractivity contribution in [1.29, 1.82) is 0 Å². The van der Waals surface area contributed by atoms with E-state index in [4.69, 9.17) is 21.7 Å². The molecule has 0 aliphatic carbocycles. The second kappa shape index (κ2) is 9.59. The van der Waals surface area contributed by atoms with Gasteiger partial charge in [0.25, 0.3) is 0 Å². The number of allylic oxidation sites excluding steroid dienone is 1. The van der Waals surface area contributed by atoms with Crippen LogP contribution in [0.5, 0.6) is 0 Å². The van der Waals surface area contributed by atoms with Crippen LogP contribution in [0.1, 0.15) is 20.9 Å². The molecule has 34 heavy (non-hydrogen) atoms. The van der Waals surface area contributed by atoms with Gasteiger partial charge < -0.3 is 0 Å². The van der Waals surface area contributed by atoms with Gasteiger partial charge in [-0.05, 0) is 36.8 Å². The molecule has 6 heteroatoms. The highest BCUT2D eigenvalue weighted by molar-refractivity contribution is 7.16. The predicted molar refractivity (Wildman–Crippen MR) is 140 cm³/mol. The first kappa shape index (κ1) is 22.0. The Bertz CT molecular complexity index is 1470. The van der Waals surface area contributed by atoms with Gasteiger partial charge >= 0.3 is 0 Å². The Morgan fingerprint density at radius 1 is 0.912 bits per heavy atom. The summed E-state index contributed by atoms with van der Waals surface area (Å²) in [6.07, 6.45) is 3.36. The Morgan fingerprint density at radius 2 is 1.56 bits per heavy atom. The van der Waals surface area contributed by atoms with Gasteiger partial charge in [0.2, 0.25) is 5.13 Å². The fourth-order valence-electron chi connectivity index (χ4n) is 3.61. The van der Waals surface area contributed by atoms with Crippen LogP contribution in [-0.4, -0.2) is 20.5 Å². The molecule has 0 amide bonds. The van der Waals surface area contributed by atoms with Crippen LogP contribution in [0.25, 0.3) is 33.7 Å². The number of thiazole rings is 1. The molecule has 2 aromatic heterocycles. The summed E-state index contributed by atoms with van der Waals surface area (Å²) < 4.78 is 1.83. The van der Waals surface area contributed by atoms with Gasteiger partial charge in [0, 0.05) is 16.1 Å². The molecule has 5 aromatic rings. The largest absolute Gasteiger partial charge is 0.288 e. The van der Waals surface area contributed by atoms with Gasteiger partial charge in [-0.25, -0.2) is 9.67 Å². The maximum Gasteiger partial charge on any atom is 0.211 e. The normalized spacial score (nSPS) is 11.2. The van der Waals surface area contributed by atoms with E-state index < -0.39 is 0 Å². The van der Waals surface area contributed by atoms with Crippen LogP contribution in [0, 0.1) is 6.92 Å². The van der Waals surface area contributed by atoms with Crippen LogP contribution < -0.4 is 0 Å². The van der Waals surface area contributed by atoms with E-state index in [1.807, 2.05) is 84.4 Å². The third-order valence-electron chi connectivity index (χ3n) is 5.34. The third kappa shape index (κ3) is 4.62. The maximum atomic E-state index is 13.0. The second-order valence-corrected chi connectivity index (χ2v) is 9.13. The van der Waals surface area contributed by atoms with E-state index in [-0.39, 0.29) is 5.78 Å². The zero-order chi connectivity index (χ0) is 23.5. The molecule has 0 atom stereocenters. The fraction of sp³-hybridized carbons (Fsp3) is 0.0357. The Labute approximate surface area is 206 Å². The minimum atomic E-state index is -0.0899. The van der Waals surface area contributed by atoms with Gasteiger partial charge in [-0.2, -0.15) is 5.10 Å². The van der Waals surface area contributed by atoms with Crippen molar-refractivity contribution in [2.45, 2.75) is 6.92 Å². The topological polar surface area (TPSA) is 47.8 Å². The minimum Gasteiger partial charge on any atom is -0.288 e. The summed E-state index contributed by atoms with van der Waals surface area (Å²) in [5, 5.41) is 6.18. The highest BCUT2D eigenvalue weighted by Crippen LogP contribution is 2.31. The molecule has 0 N–H and O–H groups in total. The van der Waals surface area contributed by atoms with Crippen molar-refractivity contribution < 1.29 is 4.79 Å². The first-order valence-electron chi connectivity index (χ1n) is 10.8. The lowest BCUT2D eigenvalue weighted by molar-refractivity contribution is 0.105. The van der Waals surface area contributed by atoms with Crippen LogP contribution in [0.3, 0.4) is 0 Å². The number of aryl methyl sites for hydroxylation is 1. The summed E-state index contributed by atoms with van der Waals surface area (Å²) in [6.45, 7) is 1.85. The standard InChI is InChI=1S/C28H20ClN3OS/c1-19-27(26(33)17-14-20-12-15-23(29)16-13-20)34-28(30-19)32-25(22-10-6-3-7-11-22)18-24(31-32)21-8-4-2-5-9-21/h2-18H,1H3/b17-14-. The number of ketones is 1. The van der Waals surface area contributed by atoms with Crippen molar-refractivity contribution >= 4 is 34.8 Å². The highest BCUT2D eigenvalue weighted by atomic mass is 35.5. The van der Waals surface area contributed by atoms with Crippen LogP contribution in [-0.2, 0) is 0 Å².